The summed E-state index contributed by atoms with van der Waals surface area (Å²) in [6.07, 6.45) is 0. The van der Waals surface area contributed by atoms with Gasteiger partial charge in [0.05, 0.1) is 12.0 Å². The second kappa shape index (κ2) is 6.48. The van der Waals surface area contributed by atoms with Gasteiger partial charge in [-0.05, 0) is 19.1 Å². The lowest BCUT2D eigenvalue weighted by Gasteiger charge is -2.14. The van der Waals surface area contributed by atoms with Crippen molar-refractivity contribution in [2.45, 2.75) is 17.9 Å². The molecule has 0 spiro atoms. The maximum atomic E-state index is 12.0. The predicted octanol–water partition coefficient (Wildman–Crippen LogP) is 1.25. The maximum absolute atomic E-state index is 12.0. The van der Waals surface area contributed by atoms with Crippen LogP contribution in [0.4, 0.5) is 0 Å². The van der Waals surface area contributed by atoms with Crippen LogP contribution < -0.4 is 4.72 Å². The Labute approximate surface area is 120 Å². The Bertz CT molecular complexity index is 512. The highest BCUT2D eigenvalue weighted by Gasteiger charge is 2.25. The first-order valence-corrected chi connectivity index (χ1v) is 8.14. The molecule has 0 saturated heterocycles. The van der Waals surface area contributed by atoms with E-state index in [4.69, 9.17) is 0 Å². The van der Waals surface area contributed by atoms with Gasteiger partial charge in [0.15, 0.2) is 0 Å². The van der Waals surface area contributed by atoms with Crippen molar-refractivity contribution < 1.29 is 17.9 Å². The number of aryl methyl sites for hydroxylation is 1. The highest BCUT2D eigenvalue weighted by atomic mass is 127. The van der Waals surface area contributed by atoms with Crippen molar-refractivity contribution in [1.82, 2.24) is 4.72 Å². The third kappa shape index (κ3) is 3.92. The Balaban J connectivity index is 2.94. The maximum Gasteiger partial charge on any atom is 0.324 e. The van der Waals surface area contributed by atoms with Crippen LogP contribution in [0.3, 0.4) is 0 Å². The summed E-state index contributed by atoms with van der Waals surface area (Å²) in [6, 6.07) is 5.53. The zero-order valence-corrected chi connectivity index (χ0v) is 13.0. The number of nitrogens with one attached hydrogen (secondary N) is 1. The summed E-state index contributed by atoms with van der Waals surface area (Å²) in [6.45, 7) is 1.87. The Morgan fingerprint density at radius 1 is 1.39 bits per heavy atom. The number of esters is 1. The number of carbonyl (C=O) groups excluding carboxylic acids is 1. The Kier molecular flexibility index (Phi) is 5.54. The lowest BCUT2D eigenvalue weighted by atomic mass is 10.2. The second-order valence-electron chi connectivity index (χ2n) is 3.66. The van der Waals surface area contributed by atoms with Gasteiger partial charge in [-0.2, -0.15) is 4.72 Å². The van der Waals surface area contributed by atoms with Gasteiger partial charge in [-0.3, -0.25) is 4.79 Å². The number of hydrogen-bond donors (Lipinski definition) is 1. The van der Waals surface area contributed by atoms with Crippen LogP contribution in [0, 0.1) is 6.92 Å². The molecule has 1 rings (SSSR count). The van der Waals surface area contributed by atoms with Crippen LogP contribution >= 0.6 is 22.6 Å². The van der Waals surface area contributed by atoms with Crippen LogP contribution in [-0.2, 0) is 19.6 Å². The van der Waals surface area contributed by atoms with Crippen molar-refractivity contribution in [2.75, 3.05) is 11.5 Å². The van der Waals surface area contributed by atoms with Crippen molar-refractivity contribution in [3.8, 4) is 0 Å². The minimum atomic E-state index is -3.70. The first kappa shape index (κ1) is 15.4. The molecule has 1 aromatic carbocycles. The standard InChI is InChI=1S/C11H14INO4S/c1-8-3-5-9(6-4-8)18(15,16)13-10(7-12)11(14)17-2/h3-6,10,13H,7H2,1-2H3. The van der Waals surface area contributed by atoms with E-state index in [1.54, 1.807) is 12.1 Å². The van der Waals surface area contributed by atoms with E-state index in [0.29, 0.717) is 4.43 Å². The van der Waals surface area contributed by atoms with Crippen LogP contribution in [0.15, 0.2) is 29.2 Å². The van der Waals surface area contributed by atoms with Gasteiger partial charge >= 0.3 is 5.97 Å². The number of halogens is 1. The molecule has 0 radical (unpaired) electrons. The summed E-state index contributed by atoms with van der Waals surface area (Å²) in [5, 5.41) is 0. The molecule has 0 bridgehead atoms. The normalized spacial score (nSPS) is 13.1. The zero-order valence-electron chi connectivity index (χ0n) is 10.0. The summed E-state index contributed by atoms with van der Waals surface area (Å²) < 4.78 is 31.2. The van der Waals surface area contributed by atoms with Gasteiger partial charge in [-0.25, -0.2) is 8.42 Å². The average molecular weight is 383 g/mol. The number of hydrogen-bond acceptors (Lipinski definition) is 4. The topological polar surface area (TPSA) is 72.5 Å². The monoisotopic (exact) mass is 383 g/mol. The number of sulfonamides is 1. The van der Waals surface area contributed by atoms with E-state index in [1.165, 1.54) is 19.2 Å². The van der Waals surface area contributed by atoms with Gasteiger partial charge in [0.1, 0.15) is 6.04 Å². The largest absolute Gasteiger partial charge is 0.468 e. The van der Waals surface area contributed by atoms with E-state index in [0.717, 1.165) is 5.56 Å². The molecule has 0 aliphatic rings. The van der Waals surface area contributed by atoms with Crippen molar-refractivity contribution in [3.63, 3.8) is 0 Å². The van der Waals surface area contributed by atoms with Crippen LogP contribution in [0.25, 0.3) is 0 Å². The molecule has 18 heavy (non-hydrogen) atoms. The first-order chi connectivity index (χ1) is 8.40. The van der Waals surface area contributed by atoms with E-state index in [2.05, 4.69) is 9.46 Å². The minimum Gasteiger partial charge on any atom is -0.468 e. The average Bonchev–Trinajstić information content (AvgIpc) is 2.35. The van der Waals surface area contributed by atoms with Crippen molar-refractivity contribution >= 4 is 38.6 Å². The molecular formula is C11H14INO4S. The molecular weight excluding hydrogens is 369 g/mol. The quantitative estimate of drug-likeness (QED) is 0.472. The van der Waals surface area contributed by atoms with Crippen LogP contribution in [0.2, 0.25) is 0 Å². The van der Waals surface area contributed by atoms with Gasteiger partial charge in [-0.1, -0.05) is 40.3 Å². The van der Waals surface area contributed by atoms with E-state index in [1.807, 2.05) is 29.5 Å². The Hall–Kier alpha value is -0.670. The summed E-state index contributed by atoms with van der Waals surface area (Å²) in [5.74, 6) is -0.597. The highest BCUT2D eigenvalue weighted by molar-refractivity contribution is 14.1. The van der Waals surface area contributed by atoms with Crippen LogP contribution in [0.5, 0.6) is 0 Å². The predicted molar refractivity (Wildman–Crippen MR) is 76.2 cm³/mol. The number of ether oxygens (including phenoxy) is 1. The smallest absolute Gasteiger partial charge is 0.324 e. The molecule has 0 aliphatic carbocycles. The van der Waals surface area contributed by atoms with Crippen LogP contribution in [0.1, 0.15) is 5.56 Å². The number of rotatable bonds is 5. The molecule has 5 nitrogen and oxygen atoms in total. The SMILES string of the molecule is COC(=O)C(CI)NS(=O)(=O)c1ccc(C)cc1. The molecule has 1 aromatic rings. The first-order valence-electron chi connectivity index (χ1n) is 5.13. The van der Waals surface area contributed by atoms with E-state index in [9.17, 15) is 13.2 Å². The van der Waals surface area contributed by atoms with E-state index < -0.39 is 22.0 Å². The number of carbonyl (C=O) groups is 1. The molecule has 1 unspecified atom stereocenters. The third-order valence-electron chi connectivity index (χ3n) is 2.27. The summed E-state index contributed by atoms with van der Waals surface area (Å²) in [5.41, 5.74) is 0.965. The number of alkyl halides is 1. The molecule has 0 heterocycles. The highest BCUT2D eigenvalue weighted by Crippen LogP contribution is 2.11. The molecule has 7 heteroatoms. The Morgan fingerprint density at radius 3 is 2.39 bits per heavy atom. The summed E-state index contributed by atoms with van der Waals surface area (Å²) >= 11 is 1.92. The lowest BCUT2D eigenvalue weighted by molar-refractivity contribution is -0.141. The molecule has 1 N–H and O–H groups in total. The van der Waals surface area contributed by atoms with Crippen molar-refractivity contribution in [3.05, 3.63) is 29.8 Å². The van der Waals surface area contributed by atoms with Gasteiger partial charge < -0.3 is 4.74 Å². The Morgan fingerprint density at radius 2 is 1.94 bits per heavy atom. The van der Waals surface area contributed by atoms with Gasteiger partial charge in [0, 0.05) is 4.43 Å². The minimum absolute atomic E-state index is 0.131. The fourth-order valence-corrected chi connectivity index (χ4v) is 3.32. The lowest BCUT2D eigenvalue weighted by Crippen LogP contribution is -2.42. The van der Waals surface area contributed by atoms with Crippen molar-refractivity contribution in [1.29, 1.82) is 0 Å². The van der Waals surface area contributed by atoms with Gasteiger partial charge in [-0.15, -0.1) is 0 Å². The van der Waals surface area contributed by atoms with E-state index >= 15 is 0 Å². The van der Waals surface area contributed by atoms with Gasteiger partial charge in [0.2, 0.25) is 10.0 Å². The van der Waals surface area contributed by atoms with Crippen LogP contribution in [-0.4, -0.2) is 32.0 Å². The van der Waals surface area contributed by atoms with E-state index in [-0.39, 0.29) is 4.90 Å². The van der Waals surface area contributed by atoms with Crippen molar-refractivity contribution in [2.24, 2.45) is 0 Å². The fraction of sp³-hybridized carbons (Fsp3) is 0.364. The fourth-order valence-electron chi connectivity index (χ4n) is 1.26. The number of methoxy groups -OCH3 is 1. The third-order valence-corrected chi connectivity index (χ3v) is 4.64. The second-order valence-corrected chi connectivity index (χ2v) is 6.26. The molecule has 0 fully saturated rings. The summed E-state index contributed by atoms with van der Waals surface area (Å²) in [4.78, 5) is 11.5. The van der Waals surface area contributed by atoms with Gasteiger partial charge in [0.25, 0.3) is 0 Å². The molecule has 0 aliphatic heterocycles. The number of benzene rings is 1. The zero-order chi connectivity index (χ0) is 13.8. The summed E-state index contributed by atoms with van der Waals surface area (Å²) in [7, 11) is -2.48. The molecule has 0 saturated carbocycles. The molecule has 1 atom stereocenters. The molecule has 100 valence electrons. The molecule has 0 aromatic heterocycles. The molecule has 0 amide bonds.